The van der Waals surface area contributed by atoms with E-state index >= 15 is 0 Å². The van der Waals surface area contributed by atoms with Crippen LogP contribution < -0.4 is 19.3 Å². The molecule has 2 aliphatic heterocycles. The number of fused-ring (bicyclic) bond motifs is 2. The van der Waals surface area contributed by atoms with E-state index in [1.807, 2.05) is 4.90 Å². The lowest BCUT2D eigenvalue weighted by atomic mass is 9.86. The highest BCUT2D eigenvalue weighted by Gasteiger charge is 2.34. The van der Waals surface area contributed by atoms with E-state index in [-0.39, 0.29) is 35.4 Å². The fourth-order valence-electron chi connectivity index (χ4n) is 6.17. The summed E-state index contributed by atoms with van der Waals surface area (Å²) in [4.78, 5) is 30.7. The summed E-state index contributed by atoms with van der Waals surface area (Å²) in [5.41, 5.74) is 1.54. The summed E-state index contributed by atoms with van der Waals surface area (Å²) in [5, 5.41) is 9.98. The molecule has 11 nitrogen and oxygen atoms in total. The largest absolute Gasteiger partial charge is 0.508 e. The zero-order chi connectivity index (χ0) is 30.2. The number of benzene rings is 2. The number of alkyl halides is 2. The topological polar surface area (TPSA) is 115 Å². The molecule has 0 spiro atoms. The molecular weight excluding hydrogens is 574 g/mol. The number of halogens is 2. The summed E-state index contributed by atoms with van der Waals surface area (Å²) >= 11 is 0. The Balaban J connectivity index is 1.13. The predicted molar refractivity (Wildman–Crippen MR) is 157 cm³/mol. The third kappa shape index (κ3) is 5.47. The number of para-hydroxylation sites is 2. The highest BCUT2D eigenvalue weighted by atomic mass is 19.3. The smallest absolute Gasteiger partial charge is 0.296 e. The summed E-state index contributed by atoms with van der Waals surface area (Å²) in [6.07, 6.45) is -0.555. The number of aromatic nitrogens is 4. The van der Waals surface area contributed by atoms with Crippen molar-refractivity contribution in [3.05, 3.63) is 54.4 Å². The lowest BCUT2D eigenvalue weighted by Gasteiger charge is -2.35. The number of nitrogens with zero attached hydrogens (tertiary/aromatic N) is 6. The van der Waals surface area contributed by atoms with Gasteiger partial charge in [0.15, 0.2) is 5.82 Å². The minimum absolute atomic E-state index is 0.00374. The van der Waals surface area contributed by atoms with Crippen molar-refractivity contribution in [1.29, 1.82) is 0 Å². The first-order chi connectivity index (χ1) is 21.4. The number of anilines is 2. The van der Waals surface area contributed by atoms with Gasteiger partial charge in [0.1, 0.15) is 30.0 Å². The summed E-state index contributed by atoms with van der Waals surface area (Å²) in [6.45, 7) is 2.94. The minimum atomic E-state index is -2.82. The Labute approximate surface area is 252 Å². The number of phenols is 1. The van der Waals surface area contributed by atoms with Gasteiger partial charge in [-0.1, -0.05) is 12.1 Å². The van der Waals surface area contributed by atoms with E-state index in [2.05, 4.69) is 15.0 Å². The molecule has 1 N–H and O–H groups in total. The Morgan fingerprint density at radius 2 is 1.75 bits per heavy atom. The Morgan fingerprint density at radius 3 is 2.55 bits per heavy atom. The van der Waals surface area contributed by atoms with Crippen molar-refractivity contribution in [3.63, 3.8) is 0 Å². The van der Waals surface area contributed by atoms with Crippen LogP contribution in [0.5, 0.6) is 17.4 Å². The SMILES string of the molecule is O=C(C1CCC(Oc2cc(-n3c(C(F)F)nc4ccccc43)nc(N3CCOCC3)n2)CC1)N1CCOc2ccc(O)cc21. The van der Waals surface area contributed by atoms with Gasteiger partial charge in [0.25, 0.3) is 6.43 Å². The van der Waals surface area contributed by atoms with E-state index in [0.29, 0.717) is 93.6 Å². The van der Waals surface area contributed by atoms with Crippen molar-refractivity contribution in [2.75, 3.05) is 49.3 Å². The average Bonchev–Trinajstić information content (AvgIpc) is 3.45. The van der Waals surface area contributed by atoms with Gasteiger partial charge in [0, 0.05) is 31.1 Å². The minimum Gasteiger partial charge on any atom is -0.508 e. The quantitative estimate of drug-likeness (QED) is 0.335. The number of rotatable bonds is 6. The van der Waals surface area contributed by atoms with Gasteiger partial charge < -0.3 is 29.1 Å². The number of ether oxygens (including phenoxy) is 3. The number of amides is 1. The zero-order valence-electron chi connectivity index (χ0n) is 23.9. The maximum Gasteiger partial charge on any atom is 0.296 e. The van der Waals surface area contributed by atoms with Crippen LogP contribution in [0, 0.1) is 5.92 Å². The highest BCUT2D eigenvalue weighted by Crippen LogP contribution is 2.38. The fraction of sp³-hybridized carbons (Fsp3) is 0.419. The molecule has 1 saturated carbocycles. The van der Waals surface area contributed by atoms with Gasteiger partial charge in [0.05, 0.1) is 36.5 Å². The van der Waals surface area contributed by atoms with Crippen LogP contribution in [0.1, 0.15) is 37.9 Å². The van der Waals surface area contributed by atoms with Gasteiger partial charge in [-0.05, 0) is 49.9 Å². The number of hydrogen-bond acceptors (Lipinski definition) is 9. The van der Waals surface area contributed by atoms with Crippen molar-refractivity contribution < 1.29 is 32.9 Å². The molecule has 0 atom stereocenters. The van der Waals surface area contributed by atoms with Crippen molar-refractivity contribution in [1.82, 2.24) is 19.5 Å². The van der Waals surface area contributed by atoms with Gasteiger partial charge >= 0.3 is 0 Å². The second-order valence-electron chi connectivity index (χ2n) is 11.1. The van der Waals surface area contributed by atoms with Gasteiger partial charge in [-0.3, -0.25) is 9.36 Å². The van der Waals surface area contributed by atoms with Gasteiger partial charge in [0.2, 0.25) is 17.7 Å². The van der Waals surface area contributed by atoms with Crippen LogP contribution in [-0.2, 0) is 9.53 Å². The maximum absolute atomic E-state index is 14.2. The van der Waals surface area contributed by atoms with Crippen LogP contribution in [0.15, 0.2) is 48.5 Å². The molecule has 44 heavy (non-hydrogen) atoms. The van der Waals surface area contributed by atoms with Crippen molar-refractivity contribution in [2.45, 2.75) is 38.2 Å². The van der Waals surface area contributed by atoms with E-state index in [9.17, 15) is 18.7 Å². The first kappa shape index (κ1) is 28.3. The summed E-state index contributed by atoms with van der Waals surface area (Å²) < 4.78 is 47.3. The molecule has 230 valence electrons. The summed E-state index contributed by atoms with van der Waals surface area (Å²) in [7, 11) is 0. The molecule has 4 heterocycles. The Kier molecular flexibility index (Phi) is 7.62. The van der Waals surface area contributed by atoms with Gasteiger partial charge in [-0.15, -0.1) is 0 Å². The Bertz CT molecular complexity index is 1670. The van der Waals surface area contributed by atoms with Crippen molar-refractivity contribution in [2.24, 2.45) is 5.92 Å². The van der Waals surface area contributed by atoms with Gasteiger partial charge in [-0.2, -0.15) is 9.97 Å². The molecule has 0 bridgehead atoms. The van der Waals surface area contributed by atoms with Crippen LogP contribution in [-0.4, -0.2) is 76.1 Å². The number of hydrogen-bond donors (Lipinski definition) is 1. The standard InChI is InChI=1S/C31H32F2N6O5/c32-28(33)29-34-22-3-1-2-4-23(22)39(29)26-18-27(36-31(35-26)37-11-14-42-15-12-37)44-21-8-5-19(6-9-21)30(41)38-13-16-43-25-10-7-20(40)17-24(25)38/h1-4,7,10,17-19,21,28,40H,5-6,8-9,11-16H2. The normalized spacial score (nSPS) is 20.4. The monoisotopic (exact) mass is 606 g/mol. The first-order valence-electron chi connectivity index (χ1n) is 14.9. The van der Waals surface area contributed by atoms with E-state index in [4.69, 9.17) is 14.2 Å². The molecular formula is C31H32F2N6O5. The van der Waals surface area contributed by atoms with Crippen molar-refractivity contribution >= 4 is 28.6 Å². The van der Waals surface area contributed by atoms with Gasteiger partial charge in [-0.25, -0.2) is 13.8 Å². The van der Waals surface area contributed by atoms with Crippen LogP contribution in [0.2, 0.25) is 0 Å². The number of imidazole rings is 1. The summed E-state index contributed by atoms with van der Waals surface area (Å²) in [6, 6.07) is 13.3. The van der Waals surface area contributed by atoms with E-state index in [1.54, 1.807) is 53.4 Å². The predicted octanol–water partition coefficient (Wildman–Crippen LogP) is 4.66. The first-order valence-corrected chi connectivity index (χ1v) is 14.9. The number of carbonyl (C=O) groups excluding carboxylic acids is 1. The molecule has 2 fully saturated rings. The molecule has 0 unspecified atom stereocenters. The lowest BCUT2D eigenvalue weighted by Crippen LogP contribution is -2.43. The summed E-state index contributed by atoms with van der Waals surface area (Å²) in [5.74, 6) is 0.964. The van der Waals surface area contributed by atoms with E-state index in [0.717, 1.165) is 0 Å². The molecule has 7 rings (SSSR count). The Hall–Kier alpha value is -4.52. The molecule has 4 aromatic rings. The fourth-order valence-corrected chi connectivity index (χ4v) is 6.17. The number of carbonyl (C=O) groups is 1. The average molecular weight is 607 g/mol. The second kappa shape index (κ2) is 11.9. The van der Waals surface area contributed by atoms with Crippen LogP contribution in [0.4, 0.5) is 20.4 Å². The zero-order valence-corrected chi connectivity index (χ0v) is 23.9. The van der Waals surface area contributed by atoms with Crippen LogP contribution in [0.3, 0.4) is 0 Å². The maximum atomic E-state index is 14.2. The molecule has 2 aromatic carbocycles. The molecule has 13 heteroatoms. The third-order valence-electron chi connectivity index (χ3n) is 8.36. The Morgan fingerprint density at radius 1 is 0.955 bits per heavy atom. The van der Waals surface area contributed by atoms with Crippen LogP contribution in [0.25, 0.3) is 16.9 Å². The highest BCUT2D eigenvalue weighted by molar-refractivity contribution is 5.97. The van der Waals surface area contributed by atoms with E-state index < -0.39 is 12.2 Å². The second-order valence-corrected chi connectivity index (χ2v) is 11.1. The number of morpholine rings is 1. The lowest BCUT2D eigenvalue weighted by molar-refractivity contribution is -0.124. The number of phenolic OH excluding ortho intramolecular Hbond substituents is 1. The molecule has 1 amide bonds. The van der Waals surface area contributed by atoms with Crippen molar-refractivity contribution in [3.8, 4) is 23.2 Å². The molecule has 3 aliphatic rings. The molecule has 0 radical (unpaired) electrons. The van der Waals surface area contributed by atoms with Crippen LogP contribution >= 0.6 is 0 Å². The molecule has 1 aliphatic carbocycles. The van der Waals surface area contributed by atoms with E-state index in [1.165, 1.54) is 4.57 Å². The molecule has 2 aromatic heterocycles. The number of aromatic hydroxyl groups is 1. The molecule has 1 saturated heterocycles. The third-order valence-corrected chi connectivity index (χ3v) is 8.36.